The molecule has 1 amide bonds. The van der Waals surface area contributed by atoms with Crippen LogP contribution >= 0.6 is 0 Å². The number of para-hydroxylation sites is 3. The normalized spacial score (nSPS) is 17.1. The van der Waals surface area contributed by atoms with Gasteiger partial charge in [-0.25, -0.2) is 4.98 Å². The summed E-state index contributed by atoms with van der Waals surface area (Å²) >= 11 is 0. The van der Waals surface area contributed by atoms with Gasteiger partial charge in [-0.3, -0.25) is 4.79 Å². The van der Waals surface area contributed by atoms with Crippen LogP contribution in [0.3, 0.4) is 0 Å². The van der Waals surface area contributed by atoms with Crippen LogP contribution in [0.4, 0.5) is 0 Å². The quantitative estimate of drug-likeness (QED) is 0.505. The number of aryl methyl sites for hydroxylation is 2. The van der Waals surface area contributed by atoms with E-state index in [0.29, 0.717) is 6.42 Å². The van der Waals surface area contributed by atoms with Gasteiger partial charge >= 0.3 is 0 Å². The summed E-state index contributed by atoms with van der Waals surface area (Å²) in [6, 6.07) is 16.6. The number of carbonyl (C=O) groups is 1. The summed E-state index contributed by atoms with van der Waals surface area (Å²) in [6.07, 6.45) is 7.78. The molecular formula is C25H28N4O. The molecule has 0 spiro atoms. The molecule has 30 heavy (non-hydrogen) atoms. The summed E-state index contributed by atoms with van der Waals surface area (Å²) < 4.78 is 2.18. The summed E-state index contributed by atoms with van der Waals surface area (Å²) in [7, 11) is 2.09. The van der Waals surface area contributed by atoms with Gasteiger partial charge in [0.1, 0.15) is 5.82 Å². The van der Waals surface area contributed by atoms with Gasteiger partial charge in [-0.2, -0.15) is 0 Å². The van der Waals surface area contributed by atoms with Crippen LogP contribution in [-0.4, -0.2) is 31.9 Å². The lowest BCUT2D eigenvalue weighted by Gasteiger charge is -2.34. The van der Waals surface area contributed by atoms with E-state index in [4.69, 9.17) is 4.98 Å². The van der Waals surface area contributed by atoms with Gasteiger partial charge in [0.05, 0.1) is 17.1 Å². The number of rotatable bonds is 5. The van der Waals surface area contributed by atoms with E-state index in [1.807, 2.05) is 24.3 Å². The van der Waals surface area contributed by atoms with E-state index in [1.165, 1.54) is 16.5 Å². The number of nitrogens with zero attached hydrogens (tertiary/aromatic N) is 3. The van der Waals surface area contributed by atoms with Crippen LogP contribution < -0.4 is 0 Å². The Kier molecular flexibility index (Phi) is 5.03. The first kappa shape index (κ1) is 18.9. The monoisotopic (exact) mass is 400 g/mol. The highest BCUT2D eigenvalue weighted by atomic mass is 16.2. The average Bonchev–Trinajstić information content (AvgIpc) is 3.35. The Morgan fingerprint density at radius 3 is 2.87 bits per heavy atom. The summed E-state index contributed by atoms with van der Waals surface area (Å²) in [5, 5.41) is 1.30. The second kappa shape index (κ2) is 7.98. The highest BCUT2D eigenvalue weighted by Gasteiger charge is 2.29. The van der Waals surface area contributed by atoms with Crippen molar-refractivity contribution >= 4 is 27.8 Å². The molecular weight excluding hydrogens is 372 g/mol. The molecule has 2 aromatic heterocycles. The predicted octanol–water partition coefficient (Wildman–Crippen LogP) is 5.13. The molecule has 0 aliphatic carbocycles. The number of fused-ring (bicyclic) bond motifs is 2. The third-order valence-corrected chi connectivity index (χ3v) is 6.36. The number of carbonyl (C=O) groups excluding carboxylic acids is 1. The molecule has 154 valence electrons. The van der Waals surface area contributed by atoms with Gasteiger partial charge in [-0.05, 0) is 55.9 Å². The zero-order valence-electron chi connectivity index (χ0n) is 17.5. The maximum Gasteiger partial charge on any atom is 0.223 e. The first-order chi connectivity index (χ1) is 14.7. The molecule has 5 rings (SSSR count). The Hall–Kier alpha value is -3.08. The van der Waals surface area contributed by atoms with Crippen LogP contribution in [0.2, 0.25) is 0 Å². The number of aromatic amines is 1. The lowest BCUT2D eigenvalue weighted by Crippen LogP contribution is -2.38. The first-order valence-corrected chi connectivity index (χ1v) is 11.0. The number of aromatic nitrogens is 3. The van der Waals surface area contributed by atoms with Gasteiger partial charge < -0.3 is 14.5 Å². The summed E-state index contributed by atoms with van der Waals surface area (Å²) in [5.74, 6) is 1.18. The standard InChI is InChI=1S/C25H28N4O/c1-28-17-18(19-10-2-5-13-22(19)28)9-8-15-24(30)29-16-7-6-14-23(29)25-26-20-11-3-4-12-21(20)27-25/h2-5,10-13,17,23H,6-9,14-16H2,1H3,(H,26,27). The van der Waals surface area contributed by atoms with E-state index in [2.05, 4.69) is 52.0 Å². The van der Waals surface area contributed by atoms with Crippen molar-refractivity contribution in [2.24, 2.45) is 7.05 Å². The van der Waals surface area contributed by atoms with Gasteiger partial charge in [0.15, 0.2) is 0 Å². The number of benzene rings is 2. The number of nitrogens with one attached hydrogen (secondary N) is 1. The molecule has 3 heterocycles. The maximum atomic E-state index is 13.1. The van der Waals surface area contributed by atoms with Gasteiger partial charge in [-0.1, -0.05) is 30.3 Å². The van der Waals surface area contributed by atoms with Crippen molar-refractivity contribution in [3.8, 4) is 0 Å². The smallest absolute Gasteiger partial charge is 0.223 e. The van der Waals surface area contributed by atoms with E-state index in [1.54, 1.807) is 0 Å². The molecule has 0 radical (unpaired) electrons. The van der Waals surface area contributed by atoms with Crippen LogP contribution in [0.15, 0.2) is 54.7 Å². The molecule has 4 aromatic rings. The molecule has 5 nitrogen and oxygen atoms in total. The molecule has 0 saturated carbocycles. The highest BCUT2D eigenvalue weighted by molar-refractivity contribution is 5.84. The second-order valence-corrected chi connectivity index (χ2v) is 8.37. The molecule has 2 aromatic carbocycles. The zero-order chi connectivity index (χ0) is 20.5. The molecule has 1 N–H and O–H groups in total. The van der Waals surface area contributed by atoms with Gasteiger partial charge in [0, 0.05) is 37.1 Å². The fourth-order valence-electron chi connectivity index (χ4n) is 4.84. The van der Waals surface area contributed by atoms with Crippen molar-refractivity contribution < 1.29 is 4.79 Å². The minimum absolute atomic E-state index is 0.0659. The molecule has 0 bridgehead atoms. The molecule has 1 fully saturated rings. The minimum atomic E-state index is 0.0659. The van der Waals surface area contributed by atoms with E-state index in [0.717, 1.165) is 55.5 Å². The third kappa shape index (κ3) is 3.49. The number of hydrogen-bond donors (Lipinski definition) is 1. The lowest BCUT2D eigenvalue weighted by molar-refractivity contribution is -0.135. The van der Waals surface area contributed by atoms with Crippen LogP contribution in [0, 0.1) is 0 Å². The van der Waals surface area contributed by atoms with Crippen molar-refractivity contribution in [3.05, 3.63) is 66.1 Å². The molecule has 1 saturated heterocycles. The average molecular weight is 401 g/mol. The van der Waals surface area contributed by atoms with Crippen molar-refractivity contribution in [2.45, 2.75) is 44.6 Å². The van der Waals surface area contributed by atoms with E-state index in [9.17, 15) is 4.79 Å². The topological polar surface area (TPSA) is 53.9 Å². The number of likely N-dealkylation sites (tertiary alicyclic amines) is 1. The summed E-state index contributed by atoms with van der Waals surface area (Å²) in [4.78, 5) is 23.4. The molecule has 1 atom stereocenters. The maximum absolute atomic E-state index is 13.1. The number of amides is 1. The van der Waals surface area contributed by atoms with E-state index >= 15 is 0 Å². The van der Waals surface area contributed by atoms with Gasteiger partial charge in [-0.15, -0.1) is 0 Å². The second-order valence-electron chi connectivity index (χ2n) is 8.37. The first-order valence-electron chi connectivity index (χ1n) is 11.0. The van der Waals surface area contributed by atoms with Crippen molar-refractivity contribution in [3.63, 3.8) is 0 Å². The lowest BCUT2D eigenvalue weighted by atomic mass is 10.00. The molecule has 1 unspecified atom stereocenters. The Morgan fingerprint density at radius 2 is 1.97 bits per heavy atom. The van der Waals surface area contributed by atoms with Crippen molar-refractivity contribution in [1.82, 2.24) is 19.4 Å². The van der Waals surface area contributed by atoms with Crippen molar-refractivity contribution in [1.29, 1.82) is 0 Å². The summed E-state index contributed by atoms with van der Waals surface area (Å²) in [5.41, 5.74) is 4.59. The Bertz CT molecular complexity index is 1160. The van der Waals surface area contributed by atoms with Crippen LogP contribution in [0.5, 0.6) is 0 Å². The van der Waals surface area contributed by atoms with Gasteiger partial charge in [0.25, 0.3) is 0 Å². The largest absolute Gasteiger partial charge is 0.350 e. The van der Waals surface area contributed by atoms with Crippen LogP contribution in [0.1, 0.15) is 49.5 Å². The predicted molar refractivity (Wildman–Crippen MR) is 120 cm³/mol. The van der Waals surface area contributed by atoms with Crippen LogP contribution in [-0.2, 0) is 18.3 Å². The third-order valence-electron chi connectivity index (χ3n) is 6.36. The Labute approximate surface area is 176 Å². The number of H-pyrrole nitrogens is 1. The van der Waals surface area contributed by atoms with E-state index in [-0.39, 0.29) is 11.9 Å². The molecule has 1 aliphatic heterocycles. The number of imidazole rings is 1. The van der Waals surface area contributed by atoms with Crippen molar-refractivity contribution in [2.75, 3.05) is 6.54 Å². The Morgan fingerprint density at radius 1 is 1.13 bits per heavy atom. The number of hydrogen-bond acceptors (Lipinski definition) is 2. The molecule has 1 aliphatic rings. The van der Waals surface area contributed by atoms with Gasteiger partial charge in [0.2, 0.25) is 5.91 Å². The minimum Gasteiger partial charge on any atom is -0.350 e. The number of piperidine rings is 1. The summed E-state index contributed by atoms with van der Waals surface area (Å²) in [6.45, 7) is 0.828. The van der Waals surface area contributed by atoms with E-state index < -0.39 is 0 Å². The molecule has 5 heteroatoms. The van der Waals surface area contributed by atoms with Crippen LogP contribution in [0.25, 0.3) is 21.9 Å². The SMILES string of the molecule is Cn1cc(CCCC(=O)N2CCCCC2c2nc3ccccc3[nH]2)c2ccccc21. The fourth-order valence-corrected chi connectivity index (χ4v) is 4.84. The zero-order valence-corrected chi connectivity index (χ0v) is 17.5. The highest BCUT2D eigenvalue weighted by Crippen LogP contribution is 2.31. The fraction of sp³-hybridized carbons (Fsp3) is 0.360. The Balaban J connectivity index is 1.28.